The van der Waals surface area contributed by atoms with Gasteiger partial charge in [-0.15, -0.1) is 0 Å². The molecular formula is C40H32F2O5. The molecule has 6 aromatic carbocycles. The van der Waals surface area contributed by atoms with Crippen LogP contribution < -0.4 is 23.7 Å². The van der Waals surface area contributed by atoms with E-state index in [1.54, 1.807) is 48.5 Å². The Morgan fingerprint density at radius 2 is 0.596 bits per heavy atom. The van der Waals surface area contributed by atoms with Gasteiger partial charge in [0, 0.05) is 24.3 Å². The summed E-state index contributed by atoms with van der Waals surface area (Å²) in [5.41, 5.74) is 3.56. The fraction of sp³-hybridized carbons (Fsp3) is 0.100. The molecule has 0 unspecified atom stereocenters. The highest BCUT2D eigenvalue weighted by Crippen LogP contribution is 2.38. The predicted molar refractivity (Wildman–Crippen MR) is 178 cm³/mol. The first-order valence-electron chi connectivity index (χ1n) is 15.0. The maximum absolute atomic E-state index is 13.6. The van der Waals surface area contributed by atoms with Crippen LogP contribution in [0.1, 0.15) is 22.3 Å². The summed E-state index contributed by atoms with van der Waals surface area (Å²) in [4.78, 5) is 0. The summed E-state index contributed by atoms with van der Waals surface area (Å²) >= 11 is 0. The average molecular weight is 631 g/mol. The van der Waals surface area contributed by atoms with Crippen molar-refractivity contribution < 1.29 is 32.5 Å². The summed E-state index contributed by atoms with van der Waals surface area (Å²) in [6, 6.07) is 34.1. The molecule has 0 spiro atoms. The first-order chi connectivity index (χ1) is 22.7. The lowest BCUT2D eigenvalue weighted by atomic mass is 10.1. The van der Waals surface area contributed by atoms with Gasteiger partial charge in [-0.3, -0.25) is 0 Å². The van der Waals surface area contributed by atoms with Gasteiger partial charge in [0.15, 0.2) is 0 Å². The quantitative estimate of drug-likeness (QED) is 0.151. The summed E-state index contributed by atoms with van der Waals surface area (Å²) in [7, 11) is 0. The van der Waals surface area contributed by atoms with E-state index in [1.165, 1.54) is 24.3 Å². The molecule has 6 aromatic rings. The second kappa shape index (κ2) is 13.7. The smallest absolute Gasteiger partial charge is 0.131 e. The summed E-state index contributed by atoms with van der Waals surface area (Å²) < 4.78 is 57.6. The molecule has 0 amide bonds. The van der Waals surface area contributed by atoms with Crippen LogP contribution in [0.25, 0.3) is 0 Å². The van der Waals surface area contributed by atoms with Crippen LogP contribution in [0.5, 0.6) is 57.5 Å². The first kappa shape index (κ1) is 31.2. The van der Waals surface area contributed by atoms with Crippen molar-refractivity contribution in [3.63, 3.8) is 0 Å². The average Bonchev–Trinajstić information content (AvgIpc) is 3.02. The lowest BCUT2D eigenvalue weighted by molar-refractivity contribution is 0.447. The fourth-order valence-corrected chi connectivity index (χ4v) is 4.87. The normalized spacial score (nSPS) is 10.8. The van der Waals surface area contributed by atoms with Crippen molar-refractivity contribution in [3.05, 3.63) is 155 Å². The molecule has 0 radical (unpaired) electrons. The van der Waals surface area contributed by atoms with Gasteiger partial charge in [-0.05, 0) is 123 Å². The van der Waals surface area contributed by atoms with Crippen LogP contribution in [0.4, 0.5) is 8.78 Å². The van der Waals surface area contributed by atoms with E-state index in [2.05, 4.69) is 0 Å². The Balaban J connectivity index is 1.14. The number of benzene rings is 6. The molecule has 0 bridgehead atoms. The molecule has 0 saturated carbocycles. The monoisotopic (exact) mass is 630 g/mol. The third kappa shape index (κ3) is 7.89. The molecule has 47 heavy (non-hydrogen) atoms. The molecule has 0 N–H and O–H groups in total. The van der Waals surface area contributed by atoms with Crippen LogP contribution in [0.15, 0.2) is 121 Å². The van der Waals surface area contributed by atoms with E-state index in [-0.39, 0.29) is 11.6 Å². The molecule has 0 aliphatic rings. The number of hydrogen-bond donors (Lipinski definition) is 0. The third-order valence-corrected chi connectivity index (χ3v) is 7.30. The van der Waals surface area contributed by atoms with Crippen molar-refractivity contribution >= 4 is 0 Å². The molecule has 0 aliphatic carbocycles. The van der Waals surface area contributed by atoms with E-state index in [0.29, 0.717) is 57.5 Å². The molecule has 6 rings (SSSR count). The van der Waals surface area contributed by atoms with E-state index >= 15 is 0 Å². The van der Waals surface area contributed by atoms with Gasteiger partial charge in [0.1, 0.15) is 69.1 Å². The highest BCUT2D eigenvalue weighted by molar-refractivity contribution is 5.53. The van der Waals surface area contributed by atoms with Gasteiger partial charge in [0.25, 0.3) is 0 Å². The molecule has 0 aliphatic heterocycles. The number of ether oxygens (including phenoxy) is 5. The molecule has 236 valence electrons. The van der Waals surface area contributed by atoms with Crippen molar-refractivity contribution in [1.29, 1.82) is 0 Å². The van der Waals surface area contributed by atoms with Gasteiger partial charge in [-0.25, -0.2) is 8.78 Å². The van der Waals surface area contributed by atoms with E-state index in [0.717, 1.165) is 22.3 Å². The number of hydrogen-bond acceptors (Lipinski definition) is 5. The molecule has 0 heterocycles. The minimum absolute atomic E-state index is 0.366. The Bertz CT molecular complexity index is 1910. The Hall–Kier alpha value is -5.82. The standard InChI is InChI=1S/C40H32F2O5/c1-25-19-39(27(3)17-37(25)45-35-15-7-13-33(23-35)43-31-11-5-9-29(41)21-31)47-40-20-26(2)38(18-28(40)4)46-36-16-8-14-34(24-36)44-32-12-6-10-30(42)22-32/h5-24H,1-4H3. The maximum Gasteiger partial charge on any atom is 0.131 e. The number of rotatable bonds is 10. The molecular weight excluding hydrogens is 598 g/mol. The minimum Gasteiger partial charge on any atom is -0.457 e. The second-order valence-electron chi connectivity index (χ2n) is 11.1. The van der Waals surface area contributed by atoms with Crippen molar-refractivity contribution in [2.24, 2.45) is 0 Å². The molecule has 0 aromatic heterocycles. The summed E-state index contributed by atoms with van der Waals surface area (Å²) in [5.74, 6) is 5.08. The van der Waals surface area contributed by atoms with Crippen LogP contribution in [0, 0.1) is 39.3 Å². The predicted octanol–water partition coefficient (Wildman–Crippen LogP) is 12.2. The molecule has 0 fully saturated rings. The lowest BCUT2D eigenvalue weighted by Crippen LogP contribution is -1.96. The van der Waals surface area contributed by atoms with E-state index in [1.807, 2.05) is 76.2 Å². The lowest BCUT2D eigenvalue weighted by Gasteiger charge is -2.17. The summed E-state index contributed by atoms with van der Waals surface area (Å²) in [6.45, 7) is 7.83. The second-order valence-corrected chi connectivity index (χ2v) is 11.1. The van der Waals surface area contributed by atoms with Gasteiger partial charge in [0.05, 0.1) is 0 Å². The zero-order chi connectivity index (χ0) is 32.9. The number of aryl methyl sites for hydroxylation is 4. The van der Waals surface area contributed by atoms with Crippen molar-refractivity contribution in [2.75, 3.05) is 0 Å². The summed E-state index contributed by atoms with van der Waals surface area (Å²) in [6.07, 6.45) is 0. The van der Waals surface area contributed by atoms with E-state index in [9.17, 15) is 8.78 Å². The van der Waals surface area contributed by atoms with Gasteiger partial charge >= 0.3 is 0 Å². The molecule has 7 heteroatoms. The summed E-state index contributed by atoms with van der Waals surface area (Å²) in [5, 5.41) is 0. The third-order valence-electron chi connectivity index (χ3n) is 7.30. The van der Waals surface area contributed by atoms with Crippen LogP contribution in [0.3, 0.4) is 0 Å². The van der Waals surface area contributed by atoms with Crippen LogP contribution >= 0.6 is 0 Å². The van der Waals surface area contributed by atoms with Crippen molar-refractivity contribution in [1.82, 2.24) is 0 Å². The van der Waals surface area contributed by atoms with E-state index < -0.39 is 0 Å². The van der Waals surface area contributed by atoms with Crippen molar-refractivity contribution in [3.8, 4) is 57.5 Å². The van der Waals surface area contributed by atoms with Crippen LogP contribution in [-0.2, 0) is 0 Å². The molecule has 0 atom stereocenters. The largest absolute Gasteiger partial charge is 0.457 e. The Morgan fingerprint density at radius 3 is 0.936 bits per heavy atom. The van der Waals surface area contributed by atoms with E-state index in [4.69, 9.17) is 23.7 Å². The van der Waals surface area contributed by atoms with Gasteiger partial charge in [0.2, 0.25) is 0 Å². The topological polar surface area (TPSA) is 46.2 Å². The Labute approximate surface area is 272 Å². The van der Waals surface area contributed by atoms with Crippen molar-refractivity contribution in [2.45, 2.75) is 27.7 Å². The molecule has 5 nitrogen and oxygen atoms in total. The van der Waals surface area contributed by atoms with Crippen LogP contribution in [-0.4, -0.2) is 0 Å². The first-order valence-corrected chi connectivity index (χ1v) is 15.0. The maximum atomic E-state index is 13.6. The van der Waals surface area contributed by atoms with Crippen LogP contribution in [0.2, 0.25) is 0 Å². The highest BCUT2D eigenvalue weighted by Gasteiger charge is 2.14. The van der Waals surface area contributed by atoms with Gasteiger partial charge in [-0.1, -0.05) is 24.3 Å². The fourth-order valence-electron chi connectivity index (χ4n) is 4.87. The van der Waals surface area contributed by atoms with Gasteiger partial charge in [-0.2, -0.15) is 0 Å². The van der Waals surface area contributed by atoms with Gasteiger partial charge < -0.3 is 23.7 Å². The SMILES string of the molecule is Cc1cc(Oc2cc(C)c(Oc3cccc(Oc4cccc(F)c4)c3)cc2C)c(C)cc1Oc1cccc(Oc2cccc(F)c2)c1. The minimum atomic E-state index is -0.366. The Kier molecular flexibility index (Phi) is 9.06. The zero-order valence-electron chi connectivity index (χ0n) is 26.3. The zero-order valence-corrected chi connectivity index (χ0v) is 26.3. The highest BCUT2D eigenvalue weighted by atomic mass is 19.1. The number of halogens is 2. The molecule has 0 saturated heterocycles. The Morgan fingerprint density at radius 1 is 0.319 bits per heavy atom.